The van der Waals surface area contributed by atoms with Gasteiger partial charge in [0.2, 0.25) is 0 Å². The van der Waals surface area contributed by atoms with Crippen LogP contribution in [-0.4, -0.2) is 49.3 Å². The molecule has 0 radical (unpaired) electrons. The van der Waals surface area contributed by atoms with Crippen LogP contribution < -0.4 is 5.32 Å². The van der Waals surface area contributed by atoms with Crippen molar-refractivity contribution < 1.29 is 4.79 Å². The van der Waals surface area contributed by atoms with Gasteiger partial charge in [0.25, 0.3) is 0 Å². The van der Waals surface area contributed by atoms with Crippen molar-refractivity contribution in [3.05, 3.63) is 35.8 Å². The quantitative estimate of drug-likeness (QED) is 0.664. The molecule has 0 saturated carbocycles. The first-order valence-corrected chi connectivity index (χ1v) is 10.3. The molecular weight excluding hydrogens is 364 g/mol. The fraction of sp³-hybridized carbons (Fsp3) is 0.500. The van der Waals surface area contributed by atoms with Gasteiger partial charge in [-0.1, -0.05) is 0 Å². The highest BCUT2D eigenvalue weighted by atomic mass is 16.2. The van der Waals surface area contributed by atoms with Crippen molar-refractivity contribution in [2.24, 2.45) is 0 Å². The van der Waals surface area contributed by atoms with Gasteiger partial charge in [0.1, 0.15) is 5.65 Å². The number of carbonyl (C=O) groups excluding carboxylic acids is 1. The molecule has 1 fully saturated rings. The first kappa shape index (κ1) is 18.2. The van der Waals surface area contributed by atoms with Crippen LogP contribution in [0.2, 0.25) is 0 Å². The van der Waals surface area contributed by atoms with Gasteiger partial charge >= 0.3 is 6.03 Å². The maximum atomic E-state index is 12.7. The van der Waals surface area contributed by atoms with Crippen molar-refractivity contribution in [3.8, 4) is 11.3 Å². The van der Waals surface area contributed by atoms with E-state index in [1.54, 1.807) is 0 Å². The molecule has 0 aromatic carbocycles. The lowest BCUT2D eigenvalue weighted by Gasteiger charge is -2.27. The van der Waals surface area contributed by atoms with E-state index in [-0.39, 0.29) is 17.0 Å². The van der Waals surface area contributed by atoms with E-state index in [1.807, 2.05) is 38.1 Å². The minimum absolute atomic E-state index is 0.0159. The summed E-state index contributed by atoms with van der Waals surface area (Å²) in [5.41, 5.74) is 5.15. The van der Waals surface area contributed by atoms with Crippen LogP contribution in [0.15, 0.2) is 24.5 Å². The first-order chi connectivity index (χ1) is 13.7. The molecule has 2 aliphatic heterocycles. The molecule has 29 heavy (non-hydrogen) atoms. The van der Waals surface area contributed by atoms with Crippen molar-refractivity contribution in [3.63, 3.8) is 0 Å². The normalized spacial score (nSPS) is 21.3. The van der Waals surface area contributed by atoms with Crippen molar-refractivity contribution in [1.29, 1.82) is 0 Å². The van der Waals surface area contributed by atoms with E-state index in [0.717, 1.165) is 54.8 Å². The van der Waals surface area contributed by atoms with E-state index >= 15 is 0 Å². The van der Waals surface area contributed by atoms with Crippen LogP contribution in [0.4, 0.5) is 4.79 Å². The van der Waals surface area contributed by atoms with Gasteiger partial charge < -0.3 is 15.2 Å². The molecule has 152 valence electrons. The van der Waals surface area contributed by atoms with E-state index in [2.05, 4.69) is 39.0 Å². The van der Waals surface area contributed by atoms with Gasteiger partial charge in [-0.3, -0.25) is 4.68 Å². The summed E-state index contributed by atoms with van der Waals surface area (Å²) in [7, 11) is 0. The fourth-order valence-corrected chi connectivity index (χ4v) is 4.74. The predicted molar refractivity (Wildman–Crippen MR) is 113 cm³/mol. The molecule has 2 N–H and O–H groups in total. The predicted octanol–water partition coefficient (Wildman–Crippen LogP) is 3.59. The Kier molecular flexibility index (Phi) is 3.82. The summed E-state index contributed by atoms with van der Waals surface area (Å²) in [6.07, 6.45) is 5.91. The lowest BCUT2D eigenvalue weighted by Crippen LogP contribution is -2.48. The van der Waals surface area contributed by atoms with E-state index in [4.69, 9.17) is 5.10 Å². The number of carbonyl (C=O) groups is 1. The maximum absolute atomic E-state index is 12.7. The summed E-state index contributed by atoms with van der Waals surface area (Å²) < 4.78 is 2.13. The molecule has 3 aromatic rings. The molecule has 5 rings (SSSR count). The van der Waals surface area contributed by atoms with Crippen LogP contribution in [0.1, 0.15) is 44.9 Å². The number of aryl methyl sites for hydroxylation is 2. The maximum Gasteiger partial charge on any atom is 0.317 e. The number of rotatable bonds is 1. The highest BCUT2D eigenvalue weighted by Gasteiger charge is 2.47. The number of pyridine rings is 1. The third-order valence-electron chi connectivity index (χ3n) is 6.28. The second-order valence-corrected chi connectivity index (χ2v) is 9.61. The number of nitrogens with one attached hydrogen (secondary N) is 2. The number of likely N-dealkylation sites (tertiary alicyclic amines) is 1. The number of nitrogens with zero attached hydrogens (tertiary/aromatic N) is 4. The third-order valence-corrected chi connectivity index (χ3v) is 6.28. The van der Waals surface area contributed by atoms with Crippen LogP contribution in [0.3, 0.4) is 0 Å². The average Bonchev–Trinajstić information content (AvgIpc) is 3.40. The molecule has 1 atom stereocenters. The Morgan fingerprint density at radius 2 is 2.03 bits per heavy atom. The monoisotopic (exact) mass is 392 g/mol. The number of amides is 2. The molecule has 2 amide bonds. The van der Waals surface area contributed by atoms with Gasteiger partial charge in [0.15, 0.2) is 0 Å². The molecule has 1 spiro atoms. The van der Waals surface area contributed by atoms with E-state index < -0.39 is 0 Å². The lowest BCUT2D eigenvalue weighted by molar-refractivity contribution is 0.196. The zero-order chi connectivity index (χ0) is 20.4. The Morgan fingerprint density at radius 3 is 2.83 bits per heavy atom. The summed E-state index contributed by atoms with van der Waals surface area (Å²) in [6, 6.07) is 4.41. The average molecular weight is 393 g/mol. The van der Waals surface area contributed by atoms with Crippen molar-refractivity contribution in [2.45, 2.75) is 58.0 Å². The zero-order valence-corrected chi connectivity index (χ0v) is 17.5. The van der Waals surface area contributed by atoms with Gasteiger partial charge in [0, 0.05) is 59.6 Å². The van der Waals surface area contributed by atoms with Crippen molar-refractivity contribution in [2.75, 3.05) is 13.1 Å². The Morgan fingerprint density at radius 1 is 1.24 bits per heavy atom. The highest BCUT2D eigenvalue weighted by Crippen LogP contribution is 2.43. The van der Waals surface area contributed by atoms with Gasteiger partial charge in [-0.25, -0.2) is 9.78 Å². The second kappa shape index (κ2) is 6.08. The Hall–Kier alpha value is -2.83. The van der Waals surface area contributed by atoms with E-state index in [9.17, 15) is 4.79 Å². The molecule has 2 aliphatic rings. The Labute approximate surface area is 170 Å². The minimum Gasteiger partial charge on any atom is -0.346 e. The third kappa shape index (κ3) is 2.99. The van der Waals surface area contributed by atoms with Crippen LogP contribution in [0, 0.1) is 6.92 Å². The van der Waals surface area contributed by atoms with Gasteiger partial charge in [-0.05, 0) is 58.2 Å². The van der Waals surface area contributed by atoms with Crippen LogP contribution in [-0.2, 0) is 12.0 Å². The second-order valence-electron chi connectivity index (χ2n) is 9.61. The summed E-state index contributed by atoms with van der Waals surface area (Å²) in [6.45, 7) is 10.6. The van der Waals surface area contributed by atoms with Crippen molar-refractivity contribution >= 4 is 17.1 Å². The SMILES string of the molecule is Cc1c[nH]c2ncc(-c3cc4n(n3)CCC43CCN(C(=O)NC(C)(C)C)C3)cc12. The van der Waals surface area contributed by atoms with Gasteiger partial charge in [-0.15, -0.1) is 0 Å². The van der Waals surface area contributed by atoms with Crippen LogP contribution in [0.5, 0.6) is 0 Å². The summed E-state index contributed by atoms with van der Waals surface area (Å²) >= 11 is 0. The smallest absolute Gasteiger partial charge is 0.317 e. The summed E-state index contributed by atoms with van der Waals surface area (Å²) in [5.74, 6) is 0. The molecule has 7 heteroatoms. The van der Waals surface area contributed by atoms with Crippen molar-refractivity contribution in [1.82, 2.24) is 30.0 Å². The number of H-pyrrole nitrogens is 1. The van der Waals surface area contributed by atoms with Crippen LogP contribution >= 0.6 is 0 Å². The van der Waals surface area contributed by atoms with Gasteiger partial charge in [0.05, 0.1) is 5.69 Å². The fourth-order valence-electron chi connectivity index (χ4n) is 4.74. The van der Waals surface area contributed by atoms with Gasteiger partial charge in [-0.2, -0.15) is 5.10 Å². The highest BCUT2D eigenvalue weighted by molar-refractivity contribution is 5.83. The summed E-state index contributed by atoms with van der Waals surface area (Å²) in [4.78, 5) is 22.4. The largest absolute Gasteiger partial charge is 0.346 e. The molecule has 0 bridgehead atoms. The zero-order valence-electron chi connectivity index (χ0n) is 17.5. The Balaban J connectivity index is 1.43. The lowest BCUT2D eigenvalue weighted by atomic mass is 9.82. The Bertz CT molecular complexity index is 1100. The number of aromatic amines is 1. The van der Waals surface area contributed by atoms with E-state index in [0.29, 0.717) is 0 Å². The number of hydrogen-bond acceptors (Lipinski definition) is 3. The topological polar surface area (TPSA) is 78.8 Å². The summed E-state index contributed by atoms with van der Waals surface area (Å²) in [5, 5.41) is 9.11. The molecular formula is C22H28N6O. The van der Waals surface area contributed by atoms with E-state index in [1.165, 1.54) is 11.3 Å². The molecule has 7 nitrogen and oxygen atoms in total. The molecule has 0 aliphatic carbocycles. The molecule has 3 aromatic heterocycles. The number of urea groups is 1. The molecule has 1 unspecified atom stereocenters. The molecule has 5 heterocycles. The van der Waals surface area contributed by atoms with Crippen LogP contribution in [0.25, 0.3) is 22.3 Å². The number of hydrogen-bond donors (Lipinski definition) is 2. The molecule has 1 saturated heterocycles. The number of aromatic nitrogens is 4. The first-order valence-electron chi connectivity index (χ1n) is 10.3. The minimum atomic E-state index is -0.223. The number of fused-ring (bicyclic) bond motifs is 3. The standard InChI is InChI=1S/C22H28N6O/c1-14-11-23-19-16(14)9-15(12-24-19)17-10-18-22(6-8-28(18)26-17)5-7-27(13-22)20(29)25-21(2,3)4/h9-12H,5-8,13H2,1-4H3,(H,23,24)(H,25,29).